The van der Waals surface area contributed by atoms with E-state index in [1.165, 1.54) is 19.3 Å². The second-order valence-corrected chi connectivity index (χ2v) is 6.69. The van der Waals surface area contributed by atoms with Crippen LogP contribution in [0.25, 0.3) is 0 Å². The number of hydrogen-bond acceptors (Lipinski definition) is 3. The van der Waals surface area contributed by atoms with Gasteiger partial charge in [0.15, 0.2) is 0 Å². The highest BCUT2D eigenvalue weighted by atomic mass is 16.5. The number of hydrogen-bond donors (Lipinski definition) is 0. The molecule has 1 saturated heterocycles. The molecule has 0 aromatic rings. The fraction of sp³-hybridized carbons (Fsp3) is 0.933. The number of ketones is 1. The summed E-state index contributed by atoms with van der Waals surface area (Å²) in [6.07, 6.45) is 6.15. The summed E-state index contributed by atoms with van der Waals surface area (Å²) in [5, 5.41) is 0. The Balaban J connectivity index is 1.77. The summed E-state index contributed by atoms with van der Waals surface area (Å²) >= 11 is 0. The van der Waals surface area contributed by atoms with Crippen LogP contribution in [0.5, 0.6) is 0 Å². The Hall–Kier alpha value is -0.410. The third-order valence-corrected chi connectivity index (χ3v) is 4.48. The molecule has 0 aromatic carbocycles. The van der Waals surface area contributed by atoms with Crippen LogP contribution >= 0.6 is 0 Å². The van der Waals surface area contributed by atoms with Gasteiger partial charge in [0.2, 0.25) is 0 Å². The average Bonchev–Trinajstić information content (AvgIpc) is 2.57. The zero-order valence-electron chi connectivity index (χ0n) is 12.1. The molecule has 18 heavy (non-hydrogen) atoms. The van der Waals surface area contributed by atoms with Crippen LogP contribution in [-0.4, -0.2) is 43.5 Å². The topological polar surface area (TPSA) is 29.5 Å². The molecule has 2 aliphatic rings. The lowest BCUT2D eigenvalue weighted by Gasteiger charge is -2.28. The van der Waals surface area contributed by atoms with Crippen molar-refractivity contribution < 1.29 is 9.53 Å². The molecular weight excluding hydrogens is 226 g/mol. The second-order valence-electron chi connectivity index (χ2n) is 6.69. The van der Waals surface area contributed by atoms with Crippen molar-refractivity contribution in [3.63, 3.8) is 0 Å². The molecule has 3 nitrogen and oxygen atoms in total. The smallest absolute Gasteiger partial charge is 0.142 e. The first kappa shape index (κ1) is 14.0. The summed E-state index contributed by atoms with van der Waals surface area (Å²) in [5.74, 6) is 0.701. The van der Waals surface area contributed by atoms with Gasteiger partial charge in [-0.25, -0.2) is 0 Å². The Morgan fingerprint density at radius 3 is 2.61 bits per heavy atom. The van der Waals surface area contributed by atoms with Crippen molar-refractivity contribution in [2.45, 2.75) is 52.1 Å². The van der Waals surface area contributed by atoms with Crippen LogP contribution < -0.4 is 0 Å². The first-order valence-corrected chi connectivity index (χ1v) is 7.33. The normalized spacial score (nSPS) is 32.1. The number of rotatable bonds is 4. The van der Waals surface area contributed by atoms with E-state index in [0.29, 0.717) is 11.9 Å². The fourth-order valence-corrected chi connectivity index (χ4v) is 3.27. The van der Waals surface area contributed by atoms with Gasteiger partial charge in [-0.3, -0.25) is 4.79 Å². The standard InChI is InChI=1S/C15H27NO2/c1-15(2)8-7-12(14(15)17)10-16(3)11-13-6-4-5-9-18-13/h12-13H,4-11H2,1-3H3. The van der Waals surface area contributed by atoms with Crippen molar-refractivity contribution in [1.29, 1.82) is 0 Å². The maximum Gasteiger partial charge on any atom is 0.142 e. The molecule has 0 N–H and O–H groups in total. The van der Waals surface area contributed by atoms with Crippen LogP contribution in [0.4, 0.5) is 0 Å². The summed E-state index contributed by atoms with van der Waals surface area (Å²) in [7, 11) is 2.12. The zero-order chi connectivity index (χ0) is 13.2. The van der Waals surface area contributed by atoms with Crippen LogP contribution in [0.1, 0.15) is 46.0 Å². The van der Waals surface area contributed by atoms with E-state index in [4.69, 9.17) is 4.74 Å². The monoisotopic (exact) mass is 253 g/mol. The predicted molar refractivity (Wildman–Crippen MR) is 72.6 cm³/mol. The van der Waals surface area contributed by atoms with Crippen molar-refractivity contribution in [2.75, 3.05) is 26.7 Å². The Kier molecular flexibility index (Phi) is 4.44. The molecule has 1 aliphatic carbocycles. The third-order valence-electron chi connectivity index (χ3n) is 4.48. The first-order chi connectivity index (χ1) is 8.49. The lowest BCUT2D eigenvalue weighted by atomic mass is 9.89. The summed E-state index contributed by atoms with van der Waals surface area (Å²) in [4.78, 5) is 14.5. The van der Waals surface area contributed by atoms with Gasteiger partial charge in [-0.1, -0.05) is 13.8 Å². The molecule has 0 spiro atoms. The Labute approximate surface area is 111 Å². The first-order valence-electron chi connectivity index (χ1n) is 7.33. The lowest BCUT2D eigenvalue weighted by Crippen LogP contribution is -2.37. The van der Waals surface area contributed by atoms with E-state index in [-0.39, 0.29) is 11.3 Å². The van der Waals surface area contributed by atoms with Gasteiger partial charge >= 0.3 is 0 Å². The minimum absolute atomic E-state index is 0.0904. The SMILES string of the molecule is CN(CC1CCCCO1)CC1CCC(C)(C)C1=O. The van der Waals surface area contributed by atoms with Gasteiger partial charge in [-0.2, -0.15) is 0 Å². The fourth-order valence-electron chi connectivity index (χ4n) is 3.27. The third kappa shape index (κ3) is 3.33. The number of carbonyl (C=O) groups excluding carboxylic acids is 1. The largest absolute Gasteiger partial charge is 0.377 e. The maximum atomic E-state index is 12.2. The summed E-state index contributed by atoms with van der Waals surface area (Å²) in [5.41, 5.74) is -0.0904. The van der Waals surface area contributed by atoms with Gasteiger partial charge in [0.05, 0.1) is 6.10 Å². The molecule has 0 amide bonds. The van der Waals surface area contributed by atoms with Gasteiger partial charge in [-0.05, 0) is 39.2 Å². The molecule has 104 valence electrons. The molecule has 2 rings (SSSR count). The Morgan fingerprint density at radius 2 is 2.06 bits per heavy atom. The minimum Gasteiger partial charge on any atom is -0.377 e. The maximum absolute atomic E-state index is 12.2. The van der Waals surface area contributed by atoms with Crippen molar-refractivity contribution >= 4 is 5.78 Å². The molecule has 1 heterocycles. The van der Waals surface area contributed by atoms with Crippen LogP contribution in [0, 0.1) is 11.3 Å². The van der Waals surface area contributed by atoms with Crippen molar-refractivity contribution in [3.05, 3.63) is 0 Å². The summed E-state index contributed by atoms with van der Waals surface area (Å²) in [6, 6.07) is 0. The van der Waals surface area contributed by atoms with Crippen LogP contribution in [0.3, 0.4) is 0 Å². The molecule has 1 aliphatic heterocycles. The Bertz CT molecular complexity index is 295. The molecule has 2 atom stereocenters. The van der Waals surface area contributed by atoms with Crippen molar-refractivity contribution in [1.82, 2.24) is 4.90 Å². The molecule has 0 bridgehead atoms. The van der Waals surface area contributed by atoms with E-state index < -0.39 is 0 Å². The van der Waals surface area contributed by atoms with Crippen LogP contribution in [0.2, 0.25) is 0 Å². The summed E-state index contributed by atoms with van der Waals surface area (Å²) in [6.45, 7) is 6.96. The van der Waals surface area contributed by atoms with E-state index in [2.05, 4.69) is 25.8 Å². The minimum atomic E-state index is -0.0904. The van der Waals surface area contributed by atoms with Crippen molar-refractivity contribution in [3.8, 4) is 0 Å². The van der Waals surface area contributed by atoms with E-state index in [1.54, 1.807) is 0 Å². The average molecular weight is 253 g/mol. The molecule has 2 fully saturated rings. The van der Waals surface area contributed by atoms with E-state index in [0.717, 1.165) is 32.5 Å². The lowest BCUT2D eigenvalue weighted by molar-refractivity contribution is -0.128. The highest BCUT2D eigenvalue weighted by molar-refractivity contribution is 5.88. The molecule has 2 unspecified atom stereocenters. The summed E-state index contributed by atoms with van der Waals surface area (Å²) < 4.78 is 5.75. The second kappa shape index (κ2) is 5.70. The van der Waals surface area contributed by atoms with Crippen LogP contribution in [-0.2, 0) is 9.53 Å². The van der Waals surface area contributed by atoms with Gasteiger partial charge in [-0.15, -0.1) is 0 Å². The number of ether oxygens (including phenoxy) is 1. The van der Waals surface area contributed by atoms with Gasteiger partial charge in [0.1, 0.15) is 5.78 Å². The molecular formula is C15H27NO2. The Morgan fingerprint density at radius 1 is 1.28 bits per heavy atom. The quantitative estimate of drug-likeness (QED) is 0.771. The van der Waals surface area contributed by atoms with E-state index in [1.807, 2.05) is 0 Å². The number of Topliss-reactive ketones (excluding diaryl/α,β-unsaturated/α-hetero) is 1. The zero-order valence-corrected chi connectivity index (χ0v) is 12.1. The molecule has 0 radical (unpaired) electrons. The number of nitrogens with zero attached hydrogens (tertiary/aromatic N) is 1. The highest BCUT2D eigenvalue weighted by Gasteiger charge is 2.40. The van der Waals surface area contributed by atoms with Crippen molar-refractivity contribution in [2.24, 2.45) is 11.3 Å². The predicted octanol–water partition coefficient (Wildman–Crippen LogP) is 2.49. The van der Waals surface area contributed by atoms with Gasteiger partial charge in [0.25, 0.3) is 0 Å². The number of carbonyl (C=O) groups is 1. The molecule has 3 heteroatoms. The molecule has 0 aromatic heterocycles. The van der Waals surface area contributed by atoms with Gasteiger partial charge < -0.3 is 9.64 Å². The number of likely N-dealkylation sites (N-methyl/N-ethyl adjacent to an activating group) is 1. The highest BCUT2D eigenvalue weighted by Crippen LogP contribution is 2.37. The molecule has 1 saturated carbocycles. The van der Waals surface area contributed by atoms with E-state index in [9.17, 15) is 4.79 Å². The van der Waals surface area contributed by atoms with Crippen LogP contribution in [0.15, 0.2) is 0 Å². The van der Waals surface area contributed by atoms with Gasteiger partial charge in [0, 0.05) is 31.0 Å². The van der Waals surface area contributed by atoms with E-state index >= 15 is 0 Å².